The Morgan fingerprint density at radius 2 is 1.96 bits per heavy atom. The first-order chi connectivity index (χ1) is 12.9. The molecule has 3 rings (SSSR count). The van der Waals surface area contributed by atoms with Crippen LogP contribution >= 0.6 is 23.2 Å². The van der Waals surface area contributed by atoms with Crippen LogP contribution in [0, 0.1) is 0 Å². The molecule has 0 spiro atoms. The molecular weight excluding hydrogens is 399 g/mol. The number of rotatable bonds is 5. The molecule has 0 radical (unpaired) electrons. The lowest BCUT2D eigenvalue weighted by atomic mass is 10.0. The monoisotopic (exact) mass is 416 g/mol. The van der Waals surface area contributed by atoms with Crippen molar-refractivity contribution in [3.05, 3.63) is 33.8 Å². The molecule has 0 aliphatic carbocycles. The Hall–Kier alpha value is -1.87. The average Bonchev–Trinajstić information content (AvgIpc) is 3.28. The third-order valence-corrected chi connectivity index (χ3v) is 4.81. The number of nitrogens with one attached hydrogen (secondary N) is 1. The van der Waals surface area contributed by atoms with E-state index < -0.39 is 23.8 Å². The molecule has 0 bridgehead atoms. The standard InChI is InChI=1S/C17H18Cl2N2O6/c1-24-15(22)14-6-12(8-26-14)20-16(23)17(25-2)7-13(21-27-17)9-3-10(18)5-11(19)4-9/h3-5,12,14H,6-8H2,1-2H3,(H,20,23)/t12-,14-,17?/m1/s1. The Balaban J connectivity index is 1.67. The van der Waals surface area contributed by atoms with Gasteiger partial charge < -0.3 is 24.4 Å². The molecule has 1 N–H and O–H groups in total. The summed E-state index contributed by atoms with van der Waals surface area (Å²) in [6.07, 6.45) is -0.334. The summed E-state index contributed by atoms with van der Waals surface area (Å²) in [6.45, 7) is 0.183. The zero-order valence-electron chi connectivity index (χ0n) is 14.7. The van der Waals surface area contributed by atoms with Crippen LogP contribution in [-0.4, -0.2) is 56.3 Å². The number of nitrogens with zero attached hydrogens (tertiary/aromatic N) is 1. The van der Waals surface area contributed by atoms with Crippen molar-refractivity contribution in [1.82, 2.24) is 5.32 Å². The van der Waals surface area contributed by atoms with Crippen molar-refractivity contribution >= 4 is 40.8 Å². The Morgan fingerprint density at radius 1 is 1.26 bits per heavy atom. The summed E-state index contributed by atoms with van der Waals surface area (Å²) in [5, 5.41) is 7.62. The van der Waals surface area contributed by atoms with Crippen molar-refractivity contribution in [2.24, 2.45) is 5.16 Å². The maximum absolute atomic E-state index is 12.8. The van der Waals surface area contributed by atoms with Crippen LogP contribution in [0.3, 0.4) is 0 Å². The van der Waals surface area contributed by atoms with Gasteiger partial charge in [0.05, 0.1) is 31.9 Å². The van der Waals surface area contributed by atoms with Crippen molar-refractivity contribution < 1.29 is 28.6 Å². The van der Waals surface area contributed by atoms with E-state index in [4.69, 9.17) is 37.5 Å². The average molecular weight is 417 g/mol. The Kier molecular flexibility index (Phi) is 5.90. The van der Waals surface area contributed by atoms with Gasteiger partial charge in [0, 0.05) is 29.1 Å². The quantitative estimate of drug-likeness (QED) is 0.736. The molecular formula is C17H18Cl2N2O6. The van der Waals surface area contributed by atoms with E-state index in [1.54, 1.807) is 18.2 Å². The first-order valence-electron chi connectivity index (χ1n) is 8.14. The maximum Gasteiger partial charge on any atom is 0.335 e. The van der Waals surface area contributed by atoms with Gasteiger partial charge in [0.25, 0.3) is 5.91 Å². The molecule has 2 aliphatic heterocycles. The lowest BCUT2D eigenvalue weighted by Gasteiger charge is -2.25. The van der Waals surface area contributed by atoms with Crippen molar-refractivity contribution in [2.75, 3.05) is 20.8 Å². The second-order valence-corrected chi connectivity index (χ2v) is 7.05. The number of carbonyl (C=O) groups is 2. The van der Waals surface area contributed by atoms with Crippen molar-refractivity contribution in [2.45, 2.75) is 30.8 Å². The van der Waals surface area contributed by atoms with Gasteiger partial charge >= 0.3 is 11.8 Å². The number of benzene rings is 1. The second-order valence-electron chi connectivity index (χ2n) is 6.17. The molecule has 0 aromatic heterocycles. The third kappa shape index (κ3) is 4.19. The molecule has 0 saturated carbocycles. The number of halogens is 2. The van der Waals surface area contributed by atoms with Gasteiger partial charge in [-0.3, -0.25) is 4.79 Å². The number of ether oxygens (including phenoxy) is 3. The van der Waals surface area contributed by atoms with Gasteiger partial charge in [-0.2, -0.15) is 0 Å². The van der Waals surface area contributed by atoms with Gasteiger partial charge in [0.2, 0.25) is 0 Å². The summed E-state index contributed by atoms with van der Waals surface area (Å²) < 4.78 is 15.3. The minimum atomic E-state index is -1.62. The van der Waals surface area contributed by atoms with Crippen LogP contribution in [0.5, 0.6) is 0 Å². The van der Waals surface area contributed by atoms with Crippen LogP contribution in [0.15, 0.2) is 23.4 Å². The zero-order valence-corrected chi connectivity index (χ0v) is 16.2. The number of methoxy groups -OCH3 is 2. The molecule has 10 heteroatoms. The predicted octanol–water partition coefficient (Wildman–Crippen LogP) is 1.91. The van der Waals surface area contributed by atoms with Crippen LogP contribution < -0.4 is 5.32 Å². The van der Waals surface area contributed by atoms with Gasteiger partial charge in [-0.05, 0) is 18.2 Å². The number of carbonyl (C=O) groups excluding carboxylic acids is 2. The van der Waals surface area contributed by atoms with E-state index in [0.29, 0.717) is 27.7 Å². The van der Waals surface area contributed by atoms with Gasteiger partial charge in [-0.1, -0.05) is 28.4 Å². The molecule has 1 aromatic carbocycles. The maximum atomic E-state index is 12.8. The Morgan fingerprint density at radius 3 is 2.59 bits per heavy atom. The van der Waals surface area contributed by atoms with E-state index >= 15 is 0 Å². The topological polar surface area (TPSA) is 95.5 Å². The number of hydrogen-bond donors (Lipinski definition) is 1. The van der Waals surface area contributed by atoms with Crippen LogP contribution in [0.2, 0.25) is 10.0 Å². The van der Waals surface area contributed by atoms with Gasteiger partial charge in [0.15, 0.2) is 6.10 Å². The number of amides is 1. The number of oxime groups is 1. The molecule has 146 valence electrons. The molecule has 1 aromatic rings. The first kappa shape index (κ1) is 19.9. The molecule has 1 fully saturated rings. The molecule has 27 heavy (non-hydrogen) atoms. The molecule has 3 atom stereocenters. The molecule has 2 heterocycles. The molecule has 8 nitrogen and oxygen atoms in total. The molecule has 1 saturated heterocycles. The highest BCUT2D eigenvalue weighted by Crippen LogP contribution is 2.30. The fourth-order valence-electron chi connectivity index (χ4n) is 2.93. The van der Waals surface area contributed by atoms with Crippen LogP contribution in [-0.2, 0) is 28.6 Å². The zero-order chi connectivity index (χ0) is 19.6. The van der Waals surface area contributed by atoms with Gasteiger partial charge in [-0.25, -0.2) is 4.79 Å². The number of hydrogen-bond acceptors (Lipinski definition) is 7. The minimum Gasteiger partial charge on any atom is -0.467 e. The Bertz CT molecular complexity index is 766. The van der Waals surface area contributed by atoms with E-state index in [0.717, 1.165) is 0 Å². The van der Waals surface area contributed by atoms with Crippen molar-refractivity contribution in [3.8, 4) is 0 Å². The highest BCUT2D eigenvalue weighted by Gasteiger charge is 2.49. The molecule has 1 amide bonds. The molecule has 2 aliphatic rings. The lowest BCUT2D eigenvalue weighted by Crippen LogP contribution is -2.52. The number of esters is 1. The summed E-state index contributed by atoms with van der Waals surface area (Å²) in [5.41, 5.74) is 1.11. The predicted molar refractivity (Wildman–Crippen MR) is 96.7 cm³/mol. The largest absolute Gasteiger partial charge is 0.467 e. The van der Waals surface area contributed by atoms with E-state index in [-0.39, 0.29) is 19.1 Å². The summed E-state index contributed by atoms with van der Waals surface area (Å²) in [6, 6.07) is 4.56. The second kappa shape index (κ2) is 8.02. The summed E-state index contributed by atoms with van der Waals surface area (Å²) >= 11 is 12.0. The van der Waals surface area contributed by atoms with Crippen LogP contribution in [0.25, 0.3) is 0 Å². The normalized spacial score (nSPS) is 27.0. The van der Waals surface area contributed by atoms with Gasteiger partial charge in [0.1, 0.15) is 0 Å². The van der Waals surface area contributed by atoms with E-state index in [1.165, 1.54) is 14.2 Å². The third-order valence-electron chi connectivity index (χ3n) is 4.37. The summed E-state index contributed by atoms with van der Waals surface area (Å²) in [4.78, 5) is 29.6. The first-order valence-corrected chi connectivity index (χ1v) is 8.89. The van der Waals surface area contributed by atoms with E-state index in [9.17, 15) is 9.59 Å². The smallest absolute Gasteiger partial charge is 0.335 e. The molecule has 1 unspecified atom stereocenters. The minimum absolute atomic E-state index is 0.0695. The highest BCUT2D eigenvalue weighted by molar-refractivity contribution is 6.35. The van der Waals surface area contributed by atoms with Crippen LogP contribution in [0.4, 0.5) is 0 Å². The van der Waals surface area contributed by atoms with Gasteiger partial charge in [-0.15, -0.1) is 0 Å². The van der Waals surface area contributed by atoms with Crippen molar-refractivity contribution in [1.29, 1.82) is 0 Å². The lowest BCUT2D eigenvalue weighted by molar-refractivity contribution is -0.209. The fourth-order valence-corrected chi connectivity index (χ4v) is 3.46. The fraction of sp³-hybridized carbons (Fsp3) is 0.471. The highest BCUT2D eigenvalue weighted by atomic mass is 35.5. The summed E-state index contributed by atoms with van der Waals surface area (Å²) in [5.74, 6) is -2.61. The SMILES string of the molecule is COC(=O)[C@H]1C[C@@H](NC(=O)C2(OC)CC(c3cc(Cl)cc(Cl)c3)=NO2)CO1. The summed E-state index contributed by atoms with van der Waals surface area (Å²) in [7, 11) is 2.64. The van der Waals surface area contributed by atoms with E-state index in [2.05, 4.69) is 15.2 Å². The van der Waals surface area contributed by atoms with E-state index in [1.807, 2.05) is 0 Å². The van der Waals surface area contributed by atoms with Crippen molar-refractivity contribution in [3.63, 3.8) is 0 Å². The van der Waals surface area contributed by atoms with Crippen LogP contribution in [0.1, 0.15) is 18.4 Å². The Labute approximate surface area is 165 Å².